The second-order valence-electron chi connectivity index (χ2n) is 7.38. The molecule has 31 heavy (non-hydrogen) atoms. The van der Waals surface area contributed by atoms with Gasteiger partial charge < -0.3 is 14.5 Å². The molecule has 0 atom stereocenters. The number of carbonyl (C=O) groups is 1. The van der Waals surface area contributed by atoms with Crippen molar-refractivity contribution in [3.05, 3.63) is 90.0 Å². The molecule has 4 aromatic rings. The number of pyridine rings is 1. The van der Waals surface area contributed by atoms with Crippen LogP contribution in [0.4, 0.5) is 0 Å². The van der Waals surface area contributed by atoms with Gasteiger partial charge in [-0.1, -0.05) is 30.3 Å². The summed E-state index contributed by atoms with van der Waals surface area (Å²) in [6.07, 6.45) is 6.80. The van der Waals surface area contributed by atoms with E-state index in [-0.39, 0.29) is 5.91 Å². The molecule has 1 N–H and O–H groups in total. The maximum atomic E-state index is 12.5. The predicted octanol–water partition coefficient (Wildman–Crippen LogP) is 5.53. The van der Waals surface area contributed by atoms with Crippen LogP contribution >= 0.6 is 0 Å². The molecule has 2 aromatic heterocycles. The fourth-order valence-electron chi connectivity index (χ4n) is 3.73. The van der Waals surface area contributed by atoms with E-state index in [9.17, 15) is 4.79 Å². The fourth-order valence-corrected chi connectivity index (χ4v) is 3.73. The quantitative estimate of drug-likeness (QED) is 0.423. The highest BCUT2D eigenvalue weighted by atomic mass is 16.5. The Morgan fingerprint density at radius 2 is 1.90 bits per heavy atom. The van der Waals surface area contributed by atoms with Gasteiger partial charge in [-0.2, -0.15) is 0 Å². The normalized spacial score (nSPS) is 11.5. The molecule has 0 spiro atoms. The zero-order valence-corrected chi connectivity index (χ0v) is 17.8. The van der Waals surface area contributed by atoms with Crippen molar-refractivity contribution in [3.8, 4) is 16.9 Å². The zero-order chi connectivity index (χ0) is 21.8. The van der Waals surface area contributed by atoms with Crippen LogP contribution in [0.5, 0.6) is 5.75 Å². The Morgan fingerprint density at radius 3 is 2.61 bits per heavy atom. The Balaban J connectivity index is 1.70. The third-order valence-corrected chi connectivity index (χ3v) is 5.32. The smallest absolute Gasteiger partial charge is 0.244 e. The molecule has 0 saturated heterocycles. The molecule has 0 bridgehead atoms. The molecule has 2 heterocycles. The van der Waals surface area contributed by atoms with E-state index in [0.717, 1.165) is 44.4 Å². The molecule has 0 saturated carbocycles. The molecule has 4 rings (SSSR count). The van der Waals surface area contributed by atoms with Gasteiger partial charge in [0.1, 0.15) is 11.3 Å². The van der Waals surface area contributed by atoms with Crippen LogP contribution < -0.4 is 10.1 Å². The number of ether oxygens (including phenoxy) is 1. The lowest BCUT2D eigenvalue weighted by Gasteiger charge is -2.13. The van der Waals surface area contributed by atoms with E-state index >= 15 is 0 Å². The van der Waals surface area contributed by atoms with E-state index in [1.807, 2.05) is 50.2 Å². The third kappa shape index (κ3) is 4.21. The summed E-state index contributed by atoms with van der Waals surface area (Å²) in [5.74, 6) is 0.543. The second kappa shape index (κ2) is 8.88. The van der Waals surface area contributed by atoms with E-state index in [2.05, 4.69) is 22.4 Å². The van der Waals surface area contributed by atoms with Crippen LogP contribution in [-0.2, 0) is 11.3 Å². The number of furan rings is 1. The first-order valence-corrected chi connectivity index (χ1v) is 10.1. The van der Waals surface area contributed by atoms with Crippen molar-refractivity contribution in [3.63, 3.8) is 0 Å². The summed E-state index contributed by atoms with van der Waals surface area (Å²) in [7, 11) is 1.63. The van der Waals surface area contributed by atoms with Gasteiger partial charge in [-0.05, 0) is 48.7 Å². The van der Waals surface area contributed by atoms with Crippen molar-refractivity contribution in [2.75, 3.05) is 7.11 Å². The summed E-state index contributed by atoms with van der Waals surface area (Å²) in [5, 5.41) is 3.91. The summed E-state index contributed by atoms with van der Waals surface area (Å²) in [4.78, 5) is 16.5. The Morgan fingerprint density at radius 1 is 1.16 bits per heavy atom. The topological polar surface area (TPSA) is 64.4 Å². The average molecular weight is 412 g/mol. The maximum absolute atomic E-state index is 12.5. The number of rotatable bonds is 6. The number of allylic oxidation sites excluding steroid dienone is 1. The van der Waals surface area contributed by atoms with Gasteiger partial charge in [-0.3, -0.25) is 9.78 Å². The highest BCUT2D eigenvalue weighted by Crippen LogP contribution is 2.40. The molecule has 0 aliphatic rings. The Hall–Kier alpha value is -3.86. The highest BCUT2D eigenvalue weighted by molar-refractivity contribution is 6.01. The van der Waals surface area contributed by atoms with E-state index in [0.29, 0.717) is 12.3 Å². The third-order valence-electron chi connectivity index (χ3n) is 5.32. The SMILES string of the molecule is COc1c(/C(C)=C/C(=O)NCc2ccncc2)cc2c(-c3ccccc3)coc2c1C. The van der Waals surface area contributed by atoms with Crippen LogP contribution in [0.25, 0.3) is 27.7 Å². The number of fused-ring (bicyclic) bond motifs is 1. The molecular weight excluding hydrogens is 388 g/mol. The van der Waals surface area contributed by atoms with Crippen LogP contribution in [0.1, 0.15) is 23.6 Å². The summed E-state index contributed by atoms with van der Waals surface area (Å²) in [5.41, 5.74) is 6.46. The largest absolute Gasteiger partial charge is 0.496 e. The van der Waals surface area contributed by atoms with Crippen LogP contribution in [0.15, 0.2) is 77.7 Å². The lowest BCUT2D eigenvalue weighted by molar-refractivity contribution is -0.116. The molecule has 5 heteroatoms. The number of carbonyl (C=O) groups excluding carboxylic acids is 1. The maximum Gasteiger partial charge on any atom is 0.244 e. The molecule has 1 amide bonds. The van der Waals surface area contributed by atoms with Crippen molar-refractivity contribution < 1.29 is 13.9 Å². The number of aryl methyl sites for hydroxylation is 1. The number of hydrogen-bond donors (Lipinski definition) is 1. The molecule has 5 nitrogen and oxygen atoms in total. The predicted molar refractivity (Wildman–Crippen MR) is 123 cm³/mol. The van der Waals surface area contributed by atoms with Gasteiger partial charge in [-0.25, -0.2) is 0 Å². The number of nitrogens with zero attached hydrogens (tertiary/aromatic N) is 1. The molecule has 0 unspecified atom stereocenters. The zero-order valence-electron chi connectivity index (χ0n) is 17.8. The lowest BCUT2D eigenvalue weighted by atomic mass is 9.96. The Bertz CT molecular complexity index is 1240. The first-order chi connectivity index (χ1) is 15.1. The number of amides is 1. The Kier molecular flexibility index (Phi) is 5.85. The molecule has 156 valence electrons. The summed E-state index contributed by atoms with van der Waals surface area (Å²) >= 11 is 0. The monoisotopic (exact) mass is 412 g/mol. The summed E-state index contributed by atoms with van der Waals surface area (Å²) in [6, 6.07) is 15.9. The molecule has 0 aliphatic heterocycles. The fraction of sp³-hybridized carbons (Fsp3) is 0.154. The summed E-state index contributed by atoms with van der Waals surface area (Å²) < 4.78 is 11.6. The molecule has 0 aliphatic carbocycles. The van der Waals surface area contributed by atoms with Crippen LogP contribution in [-0.4, -0.2) is 18.0 Å². The Labute approximate surface area is 181 Å². The number of benzene rings is 2. The number of aromatic nitrogens is 1. The molecule has 0 fully saturated rings. The van der Waals surface area contributed by atoms with Crippen LogP contribution in [0.3, 0.4) is 0 Å². The van der Waals surface area contributed by atoms with Crippen molar-refractivity contribution in [2.45, 2.75) is 20.4 Å². The minimum absolute atomic E-state index is 0.162. The van der Waals surface area contributed by atoms with E-state index in [4.69, 9.17) is 9.15 Å². The van der Waals surface area contributed by atoms with Gasteiger partial charge in [0.15, 0.2) is 0 Å². The lowest BCUT2D eigenvalue weighted by Crippen LogP contribution is -2.20. The standard InChI is InChI=1S/C26H24N2O3/c1-17(13-24(29)28-15-19-9-11-27-12-10-19)21-14-22-23(20-7-5-4-6-8-20)16-31-26(22)18(2)25(21)30-3/h4-14,16H,15H2,1-3H3,(H,28,29)/b17-13+. The number of nitrogens with one attached hydrogen (secondary N) is 1. The van der Waals surface area contributed by atoms with Crippen molar-refractivity contribution in [1.29, 1.82) is 0 Å². The van der Waals surface area contributed by atoms with Gasteiger partial charge in [0.2, 0.25) is 5.91 Å². The van der Waals surface area contributed by atoms with Gasteiger partial charge in [0.25, 0.3) is 0 Å². The van der Waals surface area contributed by atoms with Gasteiger partial charge in [0, 0.05) is 47.1 Å². The van der Waals surface area contributed by atoms with Gasteiger partial charge >= 0.3 is 0 Å². The number of hydrogen-bond acceptors (Lipinski definition) is 4. The first kappa shape index (κ1) is 20.4. The first-order valence-electron chi connectivity index (χ1n) is 10.1. The highest BCUT2D eigenvalue weighted by Gasteiger charge is 2.18. The molecule has 2 aromatic carbocycles. The van der Waals surface area contributed by atoms with Crippen molar-refractivity contribution >= 4 is 22.4 Å². The van der Waals surface area contributed by atoms with E-state index < -0.39 is 0 Å². The minimum atomic E-state index is -0.162. The summed E-state index contributed by atoms with van der Waals surface area (Å²) in [6.45, 7) is 4.33. The minimum Gasteiger partial charge on any atom is -0.496 e. The van der Waals surface area contributed by atoms with E-state index in [1.54, 1.807) is 31.8 Å². The van der Waals surface area contributed by atoms with Gasteiger partial charge in [-0.15, -0.1) is 0 Å². The molecule has 0 radical (unpaired) electrons. The molecular formula is C26H24N2O3. The second-order valence-corrected chi connectivity index (χ2v) is 7.38. The number of methoxy groups -OCH3 is 1. The van der Waals surface area contributed by atoms with Crippen molar-refractivity contribution in [1.82, 2.24) is 10.3 Å². The van der Waals surface area contributed by atoms with Crippen LogP contribution in [0, 0.1) is 6.92 Å². The van der Waals surface area contributed by atoms with E-state index in [1.165, 1.54) is 0 Å². The van der Waals surface area contributed by atoms with Gasteiger partial charge in [0.05, 0.1) is 13.4 Å². The van der Waals surface area contributed by atoms with Crippen molar-refractivity contribution in [2.24, 2.45) is 0 Å². The van der Waals surface area contributed by atoms with Crippen LogP contribution in [0.2, 0.25) is 0 Å². The average Bonchev–Trinajstić information content (AvgIpc) is 3.23.